The molecule has 0 spiro atoms. The predicted molar refractivity (Wildman–Crippen MR) is 80.0 cm³/mol. The summed E-state index contributed by atoms with van der Waals surface area (Å²) in [7, 11) is 0. The van der Waals surface area contributed by atoms with E-state index in [0.29, 0.717) is 10.0 Å². The maximum atomic E-state index is 12.5. The number of nitrogens with one attached hydrogen (secondary N) is 1. The summed E-state index contributed by atoms with van der Waals surface area (Å²) in [5.74, 6) is -0.308. The first-order valence-electron chi connectivity index (χ1n) is 6.20. The Hall–Kier alpha value is -1.61. The molecule has 2 rings (SSSR count). The number of anilines is 1. The van der Waals surface area contributed by atoms with Gasteiger partial charge < -0.3 is 5.32 Å². The number of hydrogen-bond donors (Lipinski definition) is 1. The molecule has 1 atom stereocenters. The first kappa shape index (κ1) is 16.8. The molecule has 0 saturated heterocycles. The summed E-state index contributed by atoms with van der Waals surface area (Å²) >= 11 is 2.63. The summed E-state index contributed by atoms with van der Waals surface area (Å²) in [6, 6.07) is 4.32. The van der Waals surface area contributed by atoms with Crippen molar-refractivity contribution in [3.63, 3.8) is 0 Å². The molecule has 4 nitrogen and oxygen atoms in total. The number of carbonyl (C=O) groups is 1. The van der Waals surface area contributed by atoms with Crippen LogP contribution < -0.4 is 5.32 Å². The van der Waals surface area contributed by atoms with Crippen LogP contribution in [0.15, 0.2) is 28.6 Å². The number of benzene rings is 1. The lowest BCUT2D eigenvalue weighted by Gasteiger charge is -2.11. The van der Waals surface area contributed by atoms with Crippen LogP contribution in [0.1, 0.15) is 17.5 Å². The Morgan fingerprint density at radius 1 is 1.27 bits per heavy atom. The zero-order valence-corrected chi connectivity index (χ0v) is 13.3. The smallest absolute Gasteiger partial charge is 0.325 e. The molecule has 0 unspecified atom stereocenters. The Bertz CT molecular complexity index is 655. The van der Waals surface area contributed by atoms with Gasteiger partial charge in [-0.3, -0.25) is 4.79 Å². The molecule has 0 aliphatic carbocycles. The molecule has 9 heteroatoms. The second kappa shape index (κ2) is 6.66. The van der Waals surface area contributed by atoms with Crippen molar-refractivity contribution in [3.8, 4) is 0 Å². The molecule has 1 amide bonds. The highest BCUT2D eigenvalue weighted by Crippen LogP contribution is 2.30. The lowest BCUT2D eigenvalue weighted by Crippen LogP contribution is -2.22. The van der Waals surface area contributed by atoms with Gasteiger partial charge in [0.15, 0.2) is 4.34 Å². The summed E-state index contributed by atoms with van der Waals surface area (Å²) in [5, 5.41) is 10.7. The standard InChI is InChI=1S/C13H12F3N3OS2/c1-7(21-12-19-18-8(2)22-12)11(20)17-10-5-3-9(4-6-10)13(14,15)16/h3-7H,1-2H3,(H,17,20)/t7-/m1/s1. The number of alkyl halides is 3. The monoisotopic (exact) mass is 347 g/mol. The first-order chi connectivity index (χ1) is 10.3. The molecule has 0 bridgehead atoms. The van der Waals surface area contributed by atoms with Gasteiger partial charge in [-0.2, -0.15) is 13.2 Å². The van der Waals surface area contributed by atoms with Gasteiger partial charge in [0, 0.05) is 5.69 Å². The summed E-state index contributed by atoms with van der Waals surface area (Å²) < 4.78 is 38.0. The maximum absolute atomic E-state index is 12.5. The third kappa shape index (κ3) is 4.44. The van der Waals surface area contributed by atoms with Gasteiger partial charge in [-0.15, -0.1) is 10.2 Å². The highest BCUT2D eigenvalue weighted by Gasteiger charge is 2.30. The third-order valence-electron chi connectivity index (χ3n) is 2.63. The Morgan fingerprint density at radius 2 is 1.91 bits per heavy atom. The number of thioether (sulfide) groups is 1. The van der Waals surface area contributed by atoms with E-state index in [1.807, 2.05) is 6.92 Å². The minimum atomic E-state index is -4.39. The molecule has 0 fully saturated rings. The third-order valence-corrected chi connectivity index (χ3v) is 4.66. The van der Waals surface area contributed by atoms with Crippen LogP contribution in [0, 0.1) is 6.92 Å². The fraction of sp³-hybridized carbons (Fsp3) is 0.308. The SMILES string of the molecule is Cc1nnc(S[C@H](C)C(=O)Nc2ccc(C(F)(F)F)cc2)s1. The molecule has 118 valence electrons. The molecule has 1 heterocycles. The Kier molecular flexibility index (Phi) is 5.07. The van der Waals surface area contributed by atoms with Crippen molar-refractivity contribution in [1.29, 1.82) is 0 Å². The van der Waals surface area contributed by atoms with E-state index in [0.717, 1.165) is 17.1 Å². The van der Waals surface area contributed by atoms with Crippen molar-refractivity contribution in [3.05, 3.63) is 34.8 Å². The van der Waals surface area contributed by atoms with Gasteiger partial charge in [-0.1, -0.05) is 23.1 Å². The molecule has 1 aromatic carbocycles. The van der Waals surface area contributed by atoms with Crippen molar-refractivity contribution in [2.45, 2.75) is 29.6 Å². The zero-order valence-electron chi connectivity index (χ0n) is 11.6. The highest BCUT2D eigenvalue weighted by molar-refractivity contribution is 8.02. The van der Waals surface area contributed by atoms with Gasteiger partial charge in [-0.25, -0.2) is 0 Å². The van der Waals surface area contributed by atoms with Crippen LogP contribution in [0.2, 0.25) is 0 Å². The highest BCUT2D eigenvalue weighted by atomic mass is 32.2. The van der Waals surface area contributed by atoms with E-state index in [4.69, 9.17) is 0 Å². The molecular formula is C13H12F3N3OS2. The van der Waals surface area contributed by atoms with Crippen LogP contribution in [0.5, 0.6) is 0 Å². The Balaban J connectivity index is 1.96. The van der Waals surface area contributed by atoms with Gasteiger partial charge in [-0.05, 0) is 38.1 Å². The number of halogens is 3. The topological polar surface area (TPSA) is 54.9 Å². The second-order valence-electron chi connectivity index (χ2n) is 4.41. The predicted octanol–water partition coefficient (Wildman–Crippen LogP) is 3.98. The van der Waals surface area contributed by atoms with E-state index in [2.05, 4.69) is 15.5 Å². The van der Waals surface area contributed by atoms with Gasteiger partial charge in [0.25, 0.3) is 0 Å². The Morgan fingerprint density at radius 3 is 2.41 bits per heavy atom. The van der Waals surface area contributed by atoms with Crippen LogP contribution in [-0.2, 0) is 11.0 Å². The molecule has 0 aliphatic rings. The summed E-state index contributed by atoms with van der Waals surface area (Å²) in [4.78, 5) is 12.0. The van der Waals surface area contributed by atoms with Crippen LogP contribution in [0.25, 0.3) is 0 Å². The van der Waals surface area contributed by atoms with E-state index in [9.17, 15) is 18.0 Å². The molecule has 1 aromatic heterocycles. The normalized spacial score (nSPS) is 13.0. The van der Waals surface area contributed by atoms with Crippen molar-refractivity contribution in [2.24, 2.45) is 0 Å². The van der Waals surface area contributed by atoms with Gasteiger partial charge >= 0.3 is 6.18 Å². The van der Waals surface area contributed by atoms with Gasteiger partial charge in [0.1, 0.15) is 5.01 Å². The van der Waals surface area contributed by atoms with Gasteiger partial charge in [0.2, 0.25) is 5.91 Å². The van der Waals surface area contributed by atoms with Crippen LogP contribution >= 0.6 is 23.1 Å². The van der Waals surface area contributed by atoms with E-state index in [-0.39, 0.29) is 5.91 Å². The molecule has 0 aliphatic heterocycles. The summed E-state index contributed by atoms with van der Waals surface area (Å²) in [6.45, 7) is 3.51. The molecule has 2 aromatic rings. The van der Waals surface area contributed by atoms with Crippen molar-refractivity contribution < 1.29 is 18.0 Å². The molecular weight excluding hydrogens is 335 g/mol. The number of carbonyl (C=O) groups excluding carboxylic acids is 1. The van der Waals surface area contributed by atoms with Crippen molar-refractivity contribution in [2.75, 3.05) is 5.32 Å². The summed E-state index contributed by atoms with van der Waals surface area (Å²) in [6.07, 6.45) is -4.39. The average molecular weight is 347 g/mol. The minimum absolute atomic E-state index is 0.308. The van der Waals surface area contributed by atoms with Crippen molar-refractivity contribution >= 4 is 34.7 Å². The quantitative estimate of drug-likeness (QED) is 0.850. The number of hydrogen-bond acceptors (Lipinski definition) is 5. The van der Waals surface area contributed by atoms with Crippen LogP contribution in [0.3, 0.4) is 0 Å². The number of nitrogens with zero attached hydrogens (tertiary/aromatic N) is 2. The average Bonchev–Trinajstić information content (AvgIpc) is 2.83. The Labute approximate surface area is 133 Å². The van der Waals surface area contributed by atoms with E-state index in [1.165, 1.54) is 35.2 Å². The number of rotatable bonds is 4. The lowest BCUT2D eigenvalue weighted by atomic mass is 10.2. The minimum Gasteiger partial charge on any atom is -0.325 e. The summed E-state index contributed by atoms with van der Waals surface area (Å²) in [5.41, 5.74) is -0.434. The van der Waals surface area contributed by atoms with E-state index < -0.39 is 17.0 Å². The van der Waals surface area contributed by atoms with Crippen LogP contribution in [0.4, 0.5) is 18.9 Å². The molecule has 1 N–H and O–H groups in total. The van der Waals surface area contributed by atoms with E-state index in [1.54, 1.807) is 6.92 Å². The first-order valence-corrected chi connectivity index (χ1v) is 7.90. The fourth-order valence-corrected chi connectivity index (χ4v) is 3.48. The van der Waals surface area contributed by atoms with Crippen molar-refractivity contribution in [1.82, 2.24) is 10.2 Å². The molecule has 0 radical (unpaired) electrons. The lowest BCUT2D eigenvalue weighted by molar-refractivity contribution is -0.137. The molecule has 22 heavy (non-hydrogen) atoms. The fourth-order valence-electron chi connectivity index (χ4n) is 1.52. The van der Waals surface area contributed by atoms with Gasteiger partial charge in [0.05, 0.1) is 10.8 Å². The largest absolute Gasteiger partial charge is 0.416 e. The zero-order chi connectivity index (χ0) is 16.3. The van der Waals surface area contributed by atoms with E-state index >= 15 is 0 Å². The number of aromatic nitrogens is 2. The number of amides is 1. The number of aryl methyl sites for hydroxylation is 1. The maximum Gasteiger partial charge on any atom is 0.416 e. The van der Waals surface area contributed by atoms with Crippen LogP contribution in [-0.4, -0.2) is 21.4 Å². The molecule has 0 saturated carbocycles. The second-order valence-corrected chi connectivity index (χ2v) is 7.18.